The average molecular weight is 275 g/mol. The number of nitrogens with zero attached hydrogens (tertiary/aromatic N) is 3. The summed E-state index contributed by atoms with van der Waals surface area (Å²) in [5.74, 6) is -1.23. The van der Waals surface area contributed by atoms with Gasteiger partial charge in [-0.1, -0.05) is 29.8 Å². The first-order valence-electron chi connectivity index (χ1n) is 6.57. The van der Waals surface area contributed by atoms with Crippen LogP contribution in [0.15, 0.2) is 24.3 Å². The van der Waals surface area contributed by atoms with Gasteiger partial charge in [-0.25, -0.2) is 13.9 Å². The van der Waals surface area contributed by atoms with Crippen molar-refractivity contribution < 1.29 is 14.3 Å². The first-order valence-corrected chi connectivity index (χ1v) is 6.57. The average Bonchev–Trinajstić information content (AvgIpc) is 2.74. The van der Waals surface area contributed by atoms with Crippen LogP contribution >= 0.6 is 0 Å². The number of carbonyl (C=O) groups is 1. The lowest BCUT2D eigenvalue weighted by Crippen LogP contribution is -2.19. The van der Waals surface area contributed by atoms with Gasteiger partial charge in [0.1, 0.15) is 5.82 Å². The van der Waals surface area contributed by atoms with Crippen molar-refractivity contribution in [2.45, 2.75) is 31.7 Å². The lowest BCUT2D eigenvalue weighted by Gasteiger charge is -2.26. The van der Waals surface area contributed by atoms with Crippen molar-refractivity contribution in [3.05, 3.63) is 47.0 Å². The summed E-state index contributed by atoms with van der Waals surface area (Å²) in [6, 6.07) is 6.42. The van der Waals surface area contributed by atoms with E-state index >= 15 is 0 Å². The molecule has 0 aliphatic heterocycles. The molecule has 0 radical (unpaired) electrons. The molecule has 1 aliphatic carbocycles. The van der Waals surface area contributed by atoms with Gasteiger partial charge in [-0.15, -0.1) is 5.10 Å². The van der Waals surface area contributed by atoms with E-state index in [1.807, 2.05) is 0 Å². The highest BCUT2D eigenvalue weighted by Gasteiger charge is 2.30. The molecule has 1 heterocycles. The van der Waals surface area contributed by atoms with E-state index < -0.39 is 5.97 Å². The van der Waals surface area contributed by atoms with Crippen molar-refractivity contribution in [1.82, 2.24) is 15.0 Å². The third kappa shape index (κ3) is 2.17. The molecule has 6 heteroatoms. The number of carboxylic acid groups (broad SMARTS) is 1. The molecule has 1 aromatic carbocycles. The maximum absolute atomic E-state index is 13.7. The molecule has 1 N–H and O–H groups in total. The summed E-state index contributed by atoms with van der Waals surface area (Å²) < 4.78 is 15.2. The van der Waals surface area contributed by atoms with Crippen LogP contribution in [0.3, 0.4) is 0 Å². The first-order chi connectivity index (χ1) is 9.66. The number of rotatable bonds is 4. The number of halogens is 1. The quantitative estimate of drug-likeness (QED) is 0.930. The van der Waals surface area contributed by atoms with Crippen molar-refractivity contribution in [2.75, 3.05) is 0 Å². The lowest BCUT2D eigenvalue weighted by atomic mass is 9.82. The van der Waals surface area contributed by atoms with Crippen molar-refractivity contribution in [2.24, 2.45) is 0 Å². The Bertz CT molecular complexity index is 650. The summed E-state index contributed by atoms with van der Waals surface area (Å²) in [6.45, 7) is 0.207. The highest BCUT2D eigenvalue weighted by Crippen LogP contribution is 2.37. The monoisotopic (exact) mass is 275 g/mol. The van der Waals surface area contributed by atoms with Crippen LogP contribution in [0.2, 0.25) is 0 Å². The summed E-state index contributed by atoms with van der Waals surface area (Å²) in [5, 5.41) is 16.8. The molecule has 0 atom stereocenters. The second kappa shape index (κ2) is 5.03. The fourth-order valence-corrected chi connectivity index (χ4v) is 2.46. The van der Waals surface area contributed by atoms with Crippen LogP contribution in [-0.2, 0) is 6.54 Å². The summed E-state index contributed by atoms with van der Waals surface area (Å²) >= 11 is 0. The first kappa shape index (κ1) is 12.8. The third-order valence-electron chi connectivity index (χ3n) is 3.75. The van der Waals surface area contributed by atoms with Crippen molar-refractivity contribution in [1.29, 1.82) is 0 Å². The zero-order valence-corrected chi connectivity index (χ0v) is 10.8. The molecule has 1 fully saturated rings. The zero-order chi connectivity index (χ0) is 14.1. The van der Waals surface area contributed by atoms with E-state index in [0.29, 0.717) is 11.3 Å². The van der Waals surface area contributed by atoms with Gasteiger partial charge >= 0.3 is 5.97 Å². The van der Waals surface area contributed by atoms with Gasteiger partial charge in [0, 0.05) is 11.5 Å². The Hall–Kier alpha value is -2.24. The maximum Gasteiger partial charge on any atom is 0.358 e. The maximum atomic E-state index is 13.7. The zero-order valence-electron chi connectivity index (χ0n) is 10.8. The minimum atomic E-state index is -1.08. The van der Waals surface area contributed by atoms with Crippen LogP contribution < -0.4 is 0 Å². The van der Waals surface area contributed by atoms with Gasteiger partial charge in [-0.05, 0) is 18.9 Å². The SMILES string of the molecule is O=C(O)c1nnn(Cc2ccccc2F)c1C1CCC1. The Kier molecular flexibility index (Phi) is 3.22. The largest absolute Gasteiger partial charge is 0.476 e. The minimum absolute atomic E-state index is 0.00830. The smallest absolute Gasteiger partial charge is 0.358 e. The molecule has 0 unspecified atom stereocenters. The summed E-state index contributed by atoms with van der Waals surface area (Å²) in [7, 11) is 0. The normalized spacial score (nSPS) is 15.1. The fraction of sp³-hybridized carbons (Fsp3) is 0.357. The Morgan fingerprint density at radius 1 is 1.40 bits per heavy atom. The van der Waals surface area contributed by atoms with E-state index in [2.05, 4.69) is 10.3 Å². The molecule has 1 saturated carbocycles. The van der Waals surface area contributed by atoms with Crippen LogP contribution in [0.5, 0.6) is 0 Å². The van der Waals surface area contributed by atoms with E-state index in [1.165, 1.54) is 10.7 Å². The van der Waals surface area contributed by atoms with Crippen LogP contribution in [0, 0.1) is 5.82 Å². The molecule has 1 aromatic heterocycles. The number of carboxylic acids is 1. The Morgan fingerprint density at radius 2 is 2.15 bits per heavy atom. The van der Waals surface area contributed by atoms with Gasteiger partial charge in [-0.3, -0.25) is 0 Å². The Balaban J connectivity index is 1.97. The van der Waals surface area contributed by atoms with E-state index in [1.54, 1.807) is 18.2 Å². The molecule has 2 aromatic rings. The summed E-state index contributed by atoms with van der Waals surface area (Å²) in [6.07, 6.45) is 2.95. The summed E-state index contributed by atoms with van der Waals surface area (Å²) in [5.41, 5.74) is 1.09. The molecular weight excluding hydrogens is 261 g/mol. The molecule has 20 heavy (non-hydrogen) atoms. The van der Waals surface area contributed by atoms with Crippen molar-refractivity contribution in [3.63, 3.8) is 0 Å². The van der Waals surface area contributed by atoms with Gasteiger partial charge in [0.05, 0.1) is 12.2 Å². The van der Waals surface area contributed by atoms with Crippen LogP contribution in [-0.4, -0.2) is 26.1 Å². The second-order valence-electron chi connectivity index (χ2n) is 5.01. The third-order valence-corrected chi connectivity index (χ3v) is 3.75. The number of hydrogen-bond acceptors (Lipinski definition) is 3. The van der Waals surface area contributed by atoms with Gasteiger partial charge in [-0.2, -0.15) is 0 Å². The number of benzene rings is 1. The highest BCUT2D eigenvalue weighted by atomic mass is 19.1. The van der Waals surface area contributed by atoms with Gasteiger partial charge in [0.25, 0.3) is 0 Å². The minimum Gasteiger partial charge on any atom is -0.476 e. The Morgan fingerprint density at radius 3 is 2.75 bits per heavy atom. The molecule has 0 amide bonds. The second-order valence-corrected chi connectivity index (χ2v) is 5.01. The fourth-order valence-electron chi connectivity index (χ4n) is 2.46. The molecule has 0 spiro atoms. The van der Waals surface area contributed by atoms with Crippen molar-refractivity contribution in [3.8, 4) is 0 Å². The highest BCUT2D eigenvalue weighted by molar-refractivity contribution is 5.86. The number of aromatic nitrogens is 3. The number of hydrogen-bond donors (Lipinski definition) is 1. The standard InChI is InChI=1S/C14H14FN3O2/c15-11-7-2-1-4-10(11)8-18-13(9-5-3-6-9)12(14(19)20)16-17-18/h1-2,4,7,9H,3,5-6,8H2,(H,19,20). The van der Waals surface area contributed by atoms with Crippen LogP contribution in [0.1, 0.15) is 46.9 Å². The molecular formula is C14H14FN3O2. The van der Waals surface area contributed by atoms with E-state index in [4.69, 9.17) is 0 Å². The van der Waals surface area contributed by atoms with E-state index in [0.717, 1.165) is 19.3 Å². The van der Waals surface area contributed by atoms with Gasteiger partial charge in [0.15, 0.2) is 5.69 Å². The van der Waals surface area contributed by atoms with Crippen molar-refractivity contribution >= 4 is 5.97 Å². The van der Waals surface area contributed by atoms with Gasteiger partial charge in [0.2, 0.25) is 0 Å². The van der Waals surface area contributed by atoms with E-state index in [9.17, 15) is 14.3 Å². The number of aromatic carboxylic acids is 1. The molecule has 3 rings (SSSR count). The molecule has 104 valence electrons. The lowest BCUT2D eigenvalue weighted by molar-refractivity contribution is 0.0687. The molecule has 5 nitrogen and oxygen atoms in total. The predicted octanol–water partition coefficient (Wildman–Crippen LogP) is 2.43. The van der Waals surface area contributed by atoms with E-state index in [-0.39, 0.29) is 24.0 Å². The van der Waals surface area contributed by atoms with Crippen LogP contribution in [0.4, 0.5) is 4.39 Å². The predicted molar refractivity (Wildman–Crippen MR) is 69.1 cm³/mol. The molecule has 0 bridgehead atoms. The molecule has 0 saturated heterocycles. The Labute approximate surface area is 115 Å². The van der Waals surface area contributed by atoms with Crippen LogP contribution in [0.25, 0.3) is 0 Å². The van der Waals surface area contributed by atoms with Gasteiger partial charge < -0.3 is 5.11 Å². The topological polar surface area (TPSA) is 68.0 Å². The summed E-state index contributed by atoms with van der Waals surface area (Å²) in [4.78, 5) is 11.2. The molecule has 1 aliphatic rings.